The van der Waals surface area contributed by atoms with Crippen LogP contribution in [0.1, 0.15) is 0 Å². The van der Waals surface area contributed by atoms with Gasteiger partial charge in [0.2, 0.25) is 17.5 Å². The first kappa shape index (κ1) is 24.1. The van der Waals surface area contributed by atoms with Crippen LogP contribution in [0.2, 0.25) is 0 Å². The molecule has 35 heavy (non-hydrogen) atoms. The summed E-state index contributed by atoms with van der Waals surface area (Å²) in [7, 11) is 1.27. The molecule has 0 saturated carbocycles. The maximum absolute atomic E-state index is 13.3. The van der Waals surface area contributed by atoms with Gasteiger partial charge in [-0.1, -0.05) is 0 Å². The molecule has 1 aromatic heterocycles. The van der Waals surface area contributed by atoms with Crippen LogP contribution in [-0.4, -0.2) is 79.5 Å². The van der Waals surface area contributed by atoms with E-state index >= 15 is 0 Å². The molecule has 5 unspecified atom stereocenters. The van der Waals surface area contributed by atoms with E-state index in [0.717, 1.165) is 12.1 Å². The molecule has 0 radical (unpaired) electrons. The van der Waals surface area contributed by atoms with E-state index in [-0.39, 0.29) is 28.4 Å². The van der Waals surface area contributed by atoms with Gasteiger partial charge in [0.25, 0.3) is 0 Å². The number of ether oxygens (including phenoxy) is 3. The number of carboxylic acid groups (broad SMARTS) is 1. The molecule has 0 bridgehead atoms. The number of carboxylic acids is 1. The zero-order valence-electron chi connectivity index (χ0n) is 17.9. The first-order chi connectivity index (χ1) is 16.5. The number of hydrogen-bond donors (Lipinski definition) is 7. The number of aliphatic carboxylic acids is 1. The monoisotopic (exact) mass is 492 g/mol. The fourth-order valence-electron chi connectivity index (χ4n) is 3.65. The Morgan fingerprint density at radius 2 is 1.69 bits per heavy atom. The maximum Gasteiger partial charge on any atom is 0.335 e. The highest BCUT2D eigenvalue weighted by atomic mass is 16.7. The molecule has 2 heterocycles. The number of phenols is 3. The first-order valence-electron chi connectivity index (χ1n) is 10.0. The van der Waals surface area contributed by atoms with Crippen LogP contribution in [-0.2, 0) is 9.53 Å². The molecule has 1 aliphatic heterocycles. The Balaban J connectivity index is 1.92. The molecule has 186 valence electrons. The van der Waals surface area contributed by atoms with Gasteiger partial charge in [-0.05, 0) is 18.2 Å². The molecule has 4 rings (SSSR count). The third-order valence-electron chi connectivity index (χ3n) is 5.41. The lowest BCUT2D eigenvalue weighted by Crippen LogP contribution is -2.61. The second kappa shape index (κ2) is 8.96. The molecule has 0 aliphatic carbocycles. The van der Waals surface area contributed by atoms with E-state index in [0.29, 0.717) is 0 Å². The molecule has 13 heteroatoms. The van der Waals surface area contributed by atoms with Crippen molar-refractivity contribution >= 4 is 16.9 Å². The summed E-state index contributed by atoms with van der Waals surface area (Å²) in [6, 6.07) is 5.72. The minimum atomic E-state index is -2.01. The number of phenolic OH excluding ortho intramolecular Hbond substituents is 3. The lowest BCUT2D eigenvalue weighted by atomic mass is 9.99. The van der Waals surface area contributed by atoms with E-state index < -0.39 is 64.7 Å². The van der Waals surface area contributed by atoms with Crippen LogP contribution >= 0.6 is 0 Å². The third-order valence-corrected chi connectivity index (χ3v) is 5.41. The molecular formula is C22H20O13. The number of methoxy groups -OCH3 is 1. The predicted octanol–water partition coefficient (Wildman–Crippen LogP) is -0.144. The van der Waals surface area contributed by atoms with Crippen molar-refractivity contribution in [1.29, 1.82) is 0 Å². The lowest BCUT2D eigenvalue weighted by molar-refractivity contribution is -0.271. The molecule has 13 nitrogen and oxygen atoms in total. The highest BCUT2D eigenvalue weighted by Crippen LogP contribution is 2.39. The Morgan fingerprint density at radius 3 is 2.34 bits per heavy atom. The second-order valence-electron chi connectivity index (χ2n) is 7.67. The van der Waals surface area contributed by atoms with Gasteiger partial charge >= 0.3 is 5.97 Å². The van der Waals surface area contributed by atoms with Gasteiger partial charge in [-0.15, -0.1) is 0 Å². The van der Waals surface area contributed by atoms with Gasteiger partial charge < -0.3 is 54.4 Å². The number of aromatic hydroxyl groups is 3. The Kier molecular flexibility index (Phi) is 6.17. The van der Waals surface area contributed by atoms with Crippen molar-refractivity contribution in [3.05, 3.63) is 40.6 Å². The van der Waals surface area contributed by atoms with Gasteiger partial charge in [0.1, 0.15) is 40.8 Å². The highest BCUT2D eigenvalue weighted by molar-refractivity contribution is 5.88. The Bertz CT molecular complexity index is 1350. The summed E-state index contributed by atoms with van der Waals surface area (Å²) >= 11 is 0. The molecule has 2 aromatic carbocycles. The summed E-state index contributed by atoms with van der Waals surface area (Å²) in [6.07, 6.45) is -9.97. The van der Waals surface area contributed by atoms with Crippen molar-refractivity contribution in [2.75, 3.05) is 7.11 Å². The van der Waals surface area contributed by atoms with Crippen LogP contribution in [0.15, 0.2) is 39.5 Å². The van der Waals surface area contributed by atoms with Gasteiger partial charge in [0.15, 0.2) is 23.4 Å². The van der Waals surface area contributed by atoms with E-state index in [2.05, 4.69) is 0 Å². The average molecular weight is 492 g/mol. The van der Waals surface area contributed by atoms with Gasteiger partial charge in [-0.25, -0.2) is 4.79 Å². The summed E-state index contributed by atoms with van der Waals surface area (Å²) in [5, 5.41) is 69.1. The van der Waals surface area contributed by atoms with Crippen molar-refractivity contribution < 1.29 is 59.2 Å². The standard InChI is InChI=1S/C22H20O13/c1-32-11-4-7(2-3-9(11)24)18-19(14(26)13-10(25)5-8(23)6-12(13)33-18)34-22-17(29)15(27)16(28)20(35-22)21(30)31/h2-6,15-17,20,22-25,27-29H,1H3,(H,30,31). The van der Waals surface area contributed by atoms with E-state index in [9.17, 15) is 45.3 Å². The van der Waals surface area contributed by atoms with Gasteiger partial charge in [-0.2, -0.15) is 0 Å². The number of hydrogen-bond acceptors (Lipinski definition) is 12. The summed E-state index contributed by atoms with van der Waals surface area (Å²) in [4.78, 5) is 24.8. The van der Waals surface area contributed by atoms with E-state index in [4.69, 9.17) is 18.6 Å². The Hall–Kier alpha value is -4.04. The second-order valence-corrected chi connectivity index (χ2v) is 7.67. The summed E-state index contributed by atoms with van der Waals surface area (Å²) < 4.78 is 21.3. The van der Waals surface area contributed by atoms with Crippen LogP contribution in [0.3, 0.4) is 0 Å². The molecule has 7 N–H and O–H groups in total. The Labute approximate surface area is 195 Å². The molecule has 5 atom stereocenters. The van der Waals surface area contributed by atoms with Crippen LogP contribution in [0.4, 0.5) is 0 Å². The first-order valence-corrected chi connectivity index (χ1v) is 10.0. The van der Waals surface area contributed by atoms with E-state index in [1.807, 2.05) is 0 Å². The summed E-state index contributed by atoms with van der Waals surface area (Å²) in [5.74, 6) is -4.04. The minimum Gasteiger partial charge on any atom is -0.508 e. The molecule has 3 aromatic rings. The third kappa shape index (κ3) is 4.17. The number of fused-ring (bicyclic) bond motifs is 1. The van der Waals surface area contributed by atoms with Crippen molar-refractivity contribution in [1.82, 2.24) is 0 Å². The van der Waals surface area contributed by atoms with Crippen molar-refractivity contribution in [2.45, 2.75) is 30.7 Å². The zero-order chi connectivity index (χ0) is 25.6. The quantitative estimate of drug-likeness (QED) is 0.247. The van der Waals surface area contributed by atoms with Crippen molar-refractivity contribution in [3.8, 4) is 40.1 Å². The lowest BCUT2D eigenvalue weighted by Gasteiger charge is -2.38. The average Bonchev–Trinajstić information content (AvgIpc) is 2.80. The number of aliphatic hydroxyl groups is 3. The molecule has 1 aliphatic rings. The summed E-state index contributed by atoms with van der Waals surface area (Å²) in [5.41, 5.74) is -1.17. The summed E-state index contributed by atoms with van der Waals surface area (Å²) in [6.45, 7) is 0. The number of carbonyl (C=O) groups is 1. The normalized spacial score (nSPS) is 24.3. The molecule has 1 saturated heterocycles. The van der Waals surface area contributed by atoms with Gasteiger partial charge in [0, 0.05) is 17.7 Å². The highest BCUT2D eigenvalue weighted by Gasteiger charge is 2.48. The zero-order valence-corrected chi connectivity index (χ0v) is 17.9. The van der Waals surface area contributed by atoms with Crippen LogP contribution in [0, 0.1) is 0 Å². The predicted molar refractivity (Wildman–Crippen MR) is 114 cm³/mol. The molecular weight excluding hydrogens is 472 g/mol. The SMILES string of the molecule is COc1cc(-c2oc3cc(O)cc(O)c3c(=O)c2OC2OC(C(=O)O)C(O)C(O)C2O)ccc1O. The molecule has 0 spiro atoms. The van der Waals surface area contributed by atoms with Crippen LogP contribution < -0.4 is 14.9 Å². The topological polar surface area (TPSA) is 217 Å². The fraction of sp³-hybridized carbons (Fsp3) is 0.273. The van der Waals surface area contributed by atoms with E-state index in [1.54, 1.807) is 0 Å². The number of rotatable bonds is 5. The van der Waals surface area contributed by atoms with E-state index in [1.165, 1.54) is 25.3 Å². The van der Waals surface area contributed by atoms with Crippen LogP contribution in [0.25, 0.3) is 22.3 Å². The van der Waals surface area contributed by atoms with Crippen molar-refractivity contribution in [3.63, 3.8) is 0 Å². The molecule has 0 amide bonds. The maximum atomic E-state index is 13.3. The van der Waals surface area contributed by atoms with Crippen molar-refractivity contribution in [2.24, 2.45) is 0 Å². The Morgan fingerprint density at radius 1 is 0.971 bits per heavy atom. The fourth-order valence-corrected chi connectivity index (χ4v) is 3.65. The van der Waals surface area contributed by atoms with Gasteiger partial charge in [0.05, 0.1) is 7.11 Å². The van der Waals surface area contributed by atoms with Gasteiger partial charge in [-0.3, -0.25) is 4.79 Å². The largest absolute Gasteiger partial charge is 0.508 e. The number of benzene rings is 2. The molecule has 1 fully saturated rings. The van der Waals surface area contributed by atoms with Crippen LogP contribution in [0.5, 0.6) is 28.7 Å². The minimum absolute atomic E-state index is 0.0200. The number of aliphatic hydroxyl groups excluding tert-OH is 3. The smallest absolute Gasteiger partial charge is 0.335 e.